The number of nitrogens with one attached hydrogen (secondary N) is 2. The summed E-state index contributed by atoms with van der Waals surface area (Å²) < 4.78 is 5.40. The van der Waals surface area contributed by atoms with E-state index in [1.54, 1.807) is 7.11 Å². The minimum absolute atomic E-state index is 0.0265. The van der Waals surface area contributed by atoms with Crippen LogP contribution in [0.5, 0.6) is 0 Å². The molecule has 104 valence electrons. The van der Waals surface area contributed by atoms with E-state index in [9.17, 15) is 4.79 Å². The monoisotopic (exact) mass is 262 g/mol. The minimum atomic E-state index is -0.0893. The molecular weight excluding hydrogens is 240 g/mol. The van der Waals surface area contributed by atoms with E-state index < -0.39 is 0 Å². The highest BCUT2D eigenvalue weighted by atomic mass is 16.5. The van der Waals surface area contributed by atoms with Crippen LogP contribution in [0.25, 0.3) is 0 Å². The second-order valence-electron chi connectivity index (χ2n) is 5.01. The molecule has 1 saturated carbocycles. The molecule has 19 heavy (non-hydrogen) atoms. The summed E-state index contributed by atoms with van der Waals surface area (Å²) in [6, 6.07) is 9.93. The van der Waals surface area contributed by atoms with Crippen LogP contribution in [0, 0.1) is 5.92 Å². The Morgan fingerprint density at radius 1 is 1.37 bits per heavy atom. The molecular formula is C15H22N2O2. The molecule has 0 bridgehead atoms. The van der Waals surface area contributed by atoms with Crippen LogP contribution in [-0.2, 0) is 9.53 Å². The molecule has 2 rings (SSSR count). The first-order valence-corrected chi connectivity index (χ1v) is 6.84. The Balaban J connectivity index is 1.68. The Labute approximate surface area is 114 Å². The molecule has 0 spiro atoms. The van der Waals surface area contributed by atoms with Crippen molar-refractivity contribution >= 4 is 5.91 Å². The fourth-order valence-electron chi connectivity index (χ4n) is 1.99. The third-order valence-corrected chi connectivity index (χ3v) is 3.36. The molecule has 1 aliphatic carbocycles. The highest BCUT2D eigenvalue weighted by Gasteiger charge is 2.20. The van der Waals surface area contributed by atoms with Crippen LogP contribution in [0.1, 0.15) is 24.5 Å². The number of hydrogen-bond donors (Lipinski definition) is 2. The highest BCUT2D eigenvalue weighted by Crippen LogP contribution is 2.27. The largest absolute Gasteiger partial charge is 0.375 e. The fraction of sp³-hybridized carbons (Fsp3) is 0.533. The number of carbonyl (C=O) groups is 1. The molecule has 1 aromatic carbocycles. The van der Waals surface area contributed by atoms with E-state index in [0.29, 0.717) is 13.1 Å². The third kappa shape index (κ3) is 5.01. The van der Waals surface area contributed by atoms with Crippen LogP contribution in [0.4, 0.5) is 0 Å². The maximum Gasteiger partial charge on any atom is 0.234 e. The van der Waals surface area contributed by atoms with E-state index in [4.69, 9.17) is 4.74 Å². The lowest BCUT2D eigenvalue weighted by atomic mass is 10.1. The van der Waals surface area contributed by atoms with Crippen LogP contribution >= 0.6 is 0 Å². The molecule has 0 heterocycles. The lowest BCUT2D eigenvalue weighted by Crippen LogP contribution is -2.37. The molecule has 4 nitrogen and oxygen atoms in total. The first-order valence-electron chi connectivity index (χ1n) is 6.84. The number of rotatable bonds is 8. The Morgan fingerprint density at radius 2 is 2.11 bits per heavy atom. The predicted octanol–water partition coefficient (Wildman–Crippen LogP) is 1.49. The van der Waals surface area contributed by atoms with Gasteiger partial charge in [-0.2, -0.15) is 0 Å². The van der Waals surface area contributed by atoms with Gasteiger partial charge in [-0.05, 0) is 30.9 Å². The van der Waals surface area contributed by atoms with E-state index in [1.807, 2.05) is 30.3 Å². The van der Waals surface area contributed by atoms with Crippen molar-refractivity contribution < 1.29 is 9.53 Å². The van der Waals surface area contributed by atoms with E-state index >= 15 is 0 Å². The van der Waals surface area contributed by atoms with Gasteiger partial charge >= 0.3 is 0 Å². The molecule has 2 N–H and O–H groups in total. The first kappa shape index (κ1) is 14.0. The Bertz CT molecular complexity index is 390. The van der Waals surface area contributed by atoms with Crippen molar-refractivity contribution in [3.63, 3.8) is 0 Å². The van der Waals surface area contributed by atoms with Crippen molar-refractivity contribution in [3.05, 3.63) is 35.9 Å². The Hall–Kier alpha value is -1.39. The molecule has 1 atom stereocenters. The molecule has 0 aromatic heterocycles. The average Bonchev–Trinajstić information content (AvgIpc) is 3.25. The zero-order valence-electron chi connectivity index (χ0n) is 11.4. The number of methoxy groups -OCH3 is 1. The number of benzene rings is 1. The molecule has 0 radical (unpaired) electrons. The summed E-state index contributed by atoms with van der Waals surface area (Å²) in [5, 5.41) is 6.08. The van der Waals surface area contributed by atoms with Crippen molar-refractivity contribution in [2.24, 2.45) is 5.92 Å². The van der Waals surface area contributed by atoms with Gasteiger partial charge in [-0.25, -0.2) is 0 Å². The van der Waals surface area contributed by atoms with Crippen LogP contribution in [-0.4, -0.2) is 32.7 Å². The molecule has 1 unspecified atom stereocenters. The van der Waals surface area contributed by atoms with Gasteiger partial charge in [0.2, 0.25) is 5.91 Å². The standard InChI is InChI=1S/C15H22N2O2/c1-19-14(13-5-3-2-4-6-13)10-17-15(18)11-16-9-12-7-8-12/h2-6,12,14,16H,7-11H2,1H3,(H,17,18). The molecule has 0 aliphatic heterocycles. The summed E-state index contributed by atoms with van der Waals surface area (Å²) in [7, 11) is 1.66. The predicted molar refractivity (Wildman–Crippen MR) is 74.8 cm³/mol. The van der Waals surface area contributed by atoms with Crippen LogP contribution in [0.3, 0.4) is 0 Å². The summed E-state index contributed by atoms with van der Waals surface area (Å²) in [4.78, 5) is 11.7. The van der Waals surface area contributed by atoms with Crippen molar-refractivity contribution in [1.82, 2.24) is 10.6 Å². The van der Waals surface area contributed by atoms with E-state index in [-0.39, 0.29) is 12.0 Å². The van der Waals surface area contributed by atoms with Gasteiger partial charge in [-0.3, -0.25) is 4.79 Å². The normalized spacial score (nSPS) is 16.1. The lowest BCUT2D eigenvalue weighted by molar-refractivity contribution is -0.120. The first-order chi connectivity index (χ1) is 9.29. The quantitative estimate of drug-likeness (QED) is 0.746. The van der Waals surface area contributed by atoms with Gasteiger partial charge in [0, 0.05) is 13.7 Å². The SMILES string of the molecule is COC(CNC(=O)CNCC1CC1)c1ccccc1. The summed E-state index contributed by atoms with van der Waals surface area (Å²) in [6.45, 7) is 1.85. The van der Waals surface area contributed by atoms with Gasteiger partial charge in [0.25, 0.3) is 0 Å². The minimum Gasteiger partial charge on any atom is -0.375 e. The zero-order chi connectivity index (χ0) is 13.5. The number of amides is 1. The smallest absolute Gasteiger partial charge is 0.234 e. The van der Waals surface area contributed by atoms with Gasteiger partial charge in [-0.1, -0.05) is 30.3 Å². The molecule has 1 aromatic rings. The van der Waals surface area contributed by atoms with Crippen molar-refractivity contribution in [1.29, 1.82) is 0 Å². The summed E-state index contributed by atoms with van der Waals surface area (Å²) in [5.74, 6) is 0.822. The zero-order valence-corrected chi connectivity index (χ0v) is 11.4. The lowest BCUT2D eigenvalue weighted by Gasteiger charge is -2.16. The van der Waals surface area contributed by atoms with Crippen molar-refractivity contribution in [2.45, 2.75) is 18.9 Å². The van der Waals surface area contributed by atoms with Crippen LogP contribution < -0.4 is 10.6 Å². The second-order valence-corrected chi connectivity index (χ2v) is 5.01. The fourth-order valence-corrected chi connectivity index (χ4v) is 1.99. The number of ether oxygens (including phenoxy) is 1. The Kier molecular flexibility index (Phi) is 5.36. The second kappa shape index (κ2) is 7.26. The third-order valence-electron chi connectivity index (χ3n) is 3.36. The topological polar surface area (TPSA) is 50.4 Å². The Morgan fingerprint density at radius 3 is 2.74 bits per heavy atom. The maximum atomic E-state index is 11.7. The van der Waals surface area contributed by atoms with E-state index in [1.165, 1.54) is 12.8 Å². The number of carbonyl (C=O) groups excluding carboxylic acids is 1. The van der Waals surface area contributed by atoms with Crippen LogP contribution in [0.2, 0.25) is 0 Å². The molecule has 4 heteroatoms. The molecule has 1 fully saturated rings. The van der Waals surface area contributed by atoms with Crippen LogP contribution in [0.15, 0.2) is 30.3 Å². The molecule has 0 saturated heterocycles. The van der Waals surface area contributed by atoms with Crippen molar-refractivity contribution in [3.8, 4) is 0 Å². The average molecular weight is 262 g/mol. The maximum absolute atomic E-state index is 11.7. The van der Waals surface area contributed by atoms with Crippen molar-refractivity contribution in [2.75, 3.05) is 26.7 Å². The van der Waals surface area contributed by atoms with Gasteiger partial charge < -0.3 is 15.4 Å². The van der Waals surface area contributed by atoms with Gasteiger partial charge in [0.15, 0.2) is 0 Å². The molecule has 1 aliphatic rings. The van der Waals surface area contributed by atoms with Gasteiger partial charge in [0.1, 0.15) is 0 Å². The van der Waals surface area contributed by atoms with Gasteiger partial charge in [-0.15, -0.1) is 0 Å². The summed E-state index contributed by atoms with van der Waals surface area (Å²) >= 11 is 0. The van der Waals surface area contributed by atoms with E-state index in [2.05, 4.69) is 10.6 Å². The van der Waals surface area contributed by atoms with Gasteiger partial charge in [0.05, 0.1) is 12.6 Å². The summed E-state index contributed by atoms with van der Waals surface area (Å²) in [5.41, 5.74) is 1.08. The van der Waals surface area contributed by atoms with E-state index in [0.717, 1.165) is 18.0 Å². The molecule has 1 amide bonds. The number of hydrogen-bond acceptors (Lipinski definition) is 3. The summed E-state index contributed by atoms with van der Waals surface area (Å²) in [6.07, 6.45) is 2.51. The highest BCUT2D eigenvalue weighted by molar-refractivity contribution is 5.78.